The molecule has 1 N–H and O–H groups in total. The van der Waals surface area contributed by atoms with Crippen LogP contribution in [0.4, 0.5) is 8.78 Å². The van der Waals surface area contributed by atoms with Crippen molar-refractivity contribution in [1.82, 2.24) is 5.32 Å². The molecule has 0 radical (unpaired) electrons. The van der Waals surface area contributed by atoms with Gasteiger partial charge in [-0.05, 0) is 36.2 Å². The van der Waals surface area contributed by atoms with E-state index in [1.165, 1.54) is 17.7 Å². The van der Waals surface area contributed by atoms with E-state index in [1.807, 2.05) is 25.1 Å². The highest BCUT2D eigenvalue weighted by Gasteiger charge is 2.22. The Morgan fingerprint density at radius 2 is 1.90 bits per heavy atom. The van der Waals surface area contributed by atoms with Gasteiger partial charge < -0.3 is 10.1 Å². The smallest absolute Gasteiger partial charge is 0.126 e. The summed E-state index contributed by atoms with van der Waals surface area (Å²) in [7, 11) is 0. The maximum atomic E-state index is 13.2. The second-order valence-corrected chi connectivity index (χ2v) is 5.38. The standard InChI is InChI=1S/C17H17F2NO/c1-11(13-6-14(18)9-15(19)7-13)20-10-16-8-12-4-2-3-5-17(12)21-16/h2-7,9,11,16,20H,8,10H2,1H3. The summed E-state index contributed by atoms with van der Waals surface area (Å²) < 4.78 is 32.3. The van der Waals surface area contributed by atoms with Crippen molar-refractivity contribution in [3.63, 3.8) is 0 Å². The highest BCUT2D eigenvalue weighted by Crippen LogP contribution is 2.28. The zero-order valence-corrected chi connectivity index (χ0v) is 11.8. The Hall–Kier alpha value is -1.94. The number of halogens is 2. The minimum Gasteiger partial charge on any atom is -0.488 e. The first-order chi connectivity index (χ1) is 10.1. The normalized spacial score (nSPS) is 18.1. The molecule has 1 aliphatic rings. The van der Waals surface area contributed by atoms with Gasteiger partial charge in [0, 0.05) is 25.1 Å². The van der Waals surface area contributed by atoms with Gasteiger partial charge in [0.25, 0.3) is 0 Å². The Labute approximate surface area is 122 Å². The third kappa shape index (κ3) is 3.22. The van der Waals surface area contributed by atoms with Crippen molar-refractivity contribution in [3.8, 4) is 5.75 Å². The van der Waals surface area contributed by atoms with E-state index in [9.17, 15) is 8.78 Å². The van der Waals surface area contributed by atoms with E-state index in [4.69, 9.17) is 4.74 Å². The maximum absolute atomic E-state index is 13.2. The second-order valence-electron chi connectivity index (χ2n) is 5.38. The summed E-state index contributed by atoms with van der Waals surface area (Å²) >= 11 is 0. The number of fused-ring (bicyclic) bond motifs is 1. The number of benzene rings is 2. The molecule has 2 unspecified atom stereocenters. The molecule has 2 nitrogen and oxygen atoms in total. The fourth-order valence-electron chi connectivity index (χ4n) is 2.62. The Morgan fingerprint density at radius 1 is 1.19 bits per heavy atom. The lowest BCUT2D eigenvalue weighted by Crippen LogP contribution is -2.32. The molecule has 2 aromatic rings. The summed E-state index contributed by atoms with van der Waals surface area (Å²) in [4.78, 5) is 0. The summed E-state index contributed by atoms with van der Waals surface area (Å²) in [6.07, 6.45) is 0.913. The van der Waals surface area contributed by atoms with Gasteiger partial charge in [-0.15, -0.1) is 0 Å². The van der Waals surface area contributed by atoms with Crippen LogP contribution in [0.2, 0.25) is 0 Å². The molecule has 0 amide bonds. The van der Waals surface area contributed by atoms with Crippen LogP contribution < -0.4 is 10.1 Å². The van der Waals surface area contributed by atoms with Crippen LogP contribution >= 0.6 is 0 Å². The lowest BCUT2D eigenvalue weighted by Gasteiger charge is -2.18. The molecule has 0 spiro atoms. The summed E-state index contributed by atoms with van der Waals surface area (Å²) in [6, 6.07) is 11.4. The quantitative estimate of drug-likeness (QED) is 0.928. The fourth-order valence-corrected chi connectivity index (χ4v) is 2.62. The molecule has 21 heavy (non-hydrogen) atoms. The Morgan fingerprint density at radius 3 is 2.62 bits per heavy atom. The number of nitrogens with one attached hydrogen (secondary N) is 1. The van der Waals surface area contributed by atoms with Crippen molar-refractivity contribution in [3.05, 3.63) is 65.2 Å². The Balaban J connectivity index is 1.59. The molecule has 0 bridgehead atoms. The number of para-hydroxylation sites is 1. The van der Waals surface area contributed by atoms with Gasteiger partial charge in [0.2, 0.25) is 0 Å². The zero-order chi connectivity index (χ0) is 14.8. The van der Waals surface area contributed by atoms with Crippen molar-refractivity contribution in [2.24, 2.45) is 0 Å². The number of hydrogen-bond donors (Lipinski definition) is 1. The van der Waals surface area contributed by atoms with Gasteiger partial charge in [-0.25, -0.2) is 8.78 Å². The highest BCUT2D eigenvalue weighted by molar-refractivity contribution is 5.37. The number of hydrogen-bond acceptors (Lipinski definition) is 2. The number of rotatable bonds is 4. The van der Waals surface area contributed by atoms with Gasteiger partial charge in [0.15, 0.2) is 0 Å². The van der Waals surface area contributed by atoms with Crippen LogP contribution in [0.25, 0.3) is 0 Å². The monoisotopic (exact) mass is 289 g/mol. The van der Waals surface area contributed by atoms with E-state index in [0.29, 0.717) is 12.1 Å². The van der Waals surface area contributed by atoms with Crippen LogP contribution in [0.1, 0.15) is 24.1 Å². The van der Waals surface area contributed by atoms with Crippen LogP contribution in [0.3, 0.4) is 0 Å². The summed E-state index contributed by atoms with van der Waals surface area (Å²) in [6.45, 7) is 2.52. The van der Waals surface area contributed by atoms with Crippen molar-refractivity contribution in [1.29, 1.82) is 0 Å². The molecule has 0 fully saturated rings. The minimum absolute atomic E-state index is 0.0586. The molecule has 4 heteroatoms. The molecular weight excluding hydrogens is 272 g/mol. The van der Waals surface area contributed by atoms with Gasteiger partial charge in [-0.1, -0.05) is 18.2 Å². The Bertz CT molecular complexity index is 599. The van der Waals surface area contributed by atoms with E-state index < -0.39 is 11.6 Å². The van der Waals surface area contributed by atoms with Gasteiger partial charge in [0.1, 0.15) is 23.5 Å². The third-order valence-electron chi connectivity index (χ3n) is 3.75. The molecule has 110 valence electrons. The third-order valence-corrected chi connectivity index (χ3v) is 3.75. The van der Waals surface area contributed by atoms with E-state index in [-0.39, 0.29) is 12.1 Å². The highest BCUT2D eigenvalue weighted by atomic mass is 19.1. The molecule has 2 aromatic carbocycles. The van der Waals surface area contributed by atoms with Crippen LogP contribution in [0.15, 0.2) is 42.5 Å². The molecule has 0 saturated heterocycles. The topological polar surface area (TPSA) is 21.3 Å². The van der Waals surface area contributed by atoms with E-state index in [2.05, 4.69) is 11.4 Å². The van der Waals surface area contributed by atoms with Crippen molar-refractivity contribution in [2.75, 3.05) is 6.54 Å². The second kappa shape index (κ2) is 5.82. The van der Waals surface area contributed by atoms with E-state index in [0.717, 1.165) is 18.2 Å². The Kier molecular flexibility index (Phi) is 3.88. The first-order valence-electron chi connectivity index (χ1n) is 7.06. The van der Waals surface area contributed by atoms with Crippen LogP contribution in [0, 0.1) is 11.6 Å². The van der Waals surface area contributed by atoms with Crippen LogP contribution in [-0.2, 0) is 6.42 Å². The maximum Gasteiger partial charge on any atom is 0.126 e. The molecule has 2 atom stereocenters. The molecular formula is C17H17F2NO. The van der Waals surface area contributed by atoms with E-state index in [1.54, 1.807) is 0 Å². The van der Waals surface area contributed by atoms with Crippen LogP contribution in [-0.4, -0.2) is 12.6 Å². The predicted molar refractivity (Wildman–Crippen MR) is 77.3 cm³/mol. The molecule has 1 aliphatic heterocycles. The lowest BCUT2D eigenvalue weighted by atomic mass is 10.1. The molecule has 3 rings (SSSR count). The average Bonchev–Trinajstić information content (AvgIpc) is 2.86. The zero-order valence-electron chi connectivity index (χ0n) is 11.8. The first kappa shape index (κ1) is 14.0. The summed E-state index contributed by atoms with van der Waals surface area (Å²) in [5, 5.41) is 3.27. The lowest BCUT2D eigenvalue weighted by molar-refractivity contribution is 0.222. The van der Waals surface area contributed by atoms with Crippen LogP contribution in [0.5, 0.6) is 5.75 Å². The molecule has 0 saturated carbocycles. The SMILES string of the molecule is CC(NCC1Cc2ccccc2O1)c1cc(F)cc(F)c1. The minimum atomic E-state index is -0.553. The summed E-state index contributed by atoms with van der Waals surface area (Å²) in [5.41, 5.74) is 1.80. The predicted octanol–water partition coefficient (Wildman–Crippen LogP) is 3.62. The molecule has 1 heterocycles. The average molecular weight is 289 g/mol. The first-order valence-corrected chi connectivity index (χ1v) is 7.06. The largest absolute Gasteiger partial charge is 0.488 e. The number of ether oxygens (including phenoxy) is 1. The van der Waals surface area contributed by atoms with Gasteiger partial charge in [0.05, 0.1) is 0 Å². The van der Waals surface area contributed by atoms with Gasteiger partial charge >= 0.3 is 0 Å². The van der Waals surface area contributed by atoms with E-state index >= 15 is 0 Å². The van der Waals surface area contributed by atoms with Crippen molar-refractivity contribution in [2.45, 2.75) is 25.5 Å². The molecule has 0 aliphatic carbocycles. The van der Waals surface area contributed by atoms with Crippen molar-refractivity contribution < 1.29 is 13.5 Å². The fraction of sp³-hybridized carbons (Fsp3) is 0.294. The van der Waals surface area contributed by atoms with Gasteiger partial charge in [-0.2, -0.15) is 0 Å². The molecule has 0 aromatic heterocycles. The van der Waals surface area contributed by atoms with Crippen molar-refractivity contribution >= 4 is 0 Å². The van der Waals surface area contributed by atoms with Gasteiger partial charge in [-0.3, -0.25) is 0 Å². The summed E-state index contributed by atoms with van der Waals surface area (Å²) in [5.74, 6) is -0.180.